The quantitative estimate of drug-likeness (QED) is 0.597. The lowest BCUT2D eigenvalue weighted by Crippen LogP contribution is -2.41. The number of carbonyl (C=O) groups excluding carboxylic acids is 3. The SMILES string of the molecule is CC(C)Oc1ccc(C(=O)CN2C(=O)COc3ccccc3C2=O)cc1F. The number of amides is 2. The zero-order valence-electron chi connectivity index (χ0n) is 14.9. The van der Waals surface area contributed by atoms with Gasteiger partial charge in [-0.25, -0.2) is 4.39 Å². The van der Waals surface area contributed by atoms with E-state index in [0.717, 1.165) is 11.0 Å². The van der Waals surface area contributed by atoms with Crippen LogP contribution in [0.15, 0.2) is 42.5 Å². The van der Waals surface area contributed by atoms with Crippen LogP contribution in [0, 0.1) is 5.82 Å². The summed E-state index contributed by atoms with van der Waals surface area (Å²) in [5, 5.41) is 0. The van der Waals surface area contributed by atoms with E-state index in [1.54, 1.807) is 32.0 Å². The normalized spacial score (nSPS) is 13.9. The Morgan fingerprint density at radius 3 is 2.67 bits per heavy atom. The Labute approximate surface area is 155 Å². The molecule has 1 aliphatic rings. The second-order valence-electron chi connectivity index (χ2n) is 6.30. The number of rotatable bonds is 5. The molecule has 0 fully saturated rings. The smallest absolute Gasteiger partial charge is 0.267 e. The van der Waals surface area contributed by atoms with E-state index in [1.807, 2.05) is 0 Å². The van der Waals surface area contributed by atoms with Crippen LogP contribution in [0.1, 0.15) is 34.6 Å². The molecule has 27 heavy (non-hydrogen) atoms. The maximum Gasteiger partial charge on any atom is 0.267 e. The summed E-state index contributed by atoms with van der Waals surface area (Å²) >= 11 is 0. The summed E-state index contributed by atoms with van der Waals surface area (Å²) in [6.45, 7) is 2.66. The molecule has 0 N–H and O–H groups in total. The van der Waals surface area contributed by atoms with Gasteiger partial charge >= 0.3 is 0 Å². The highest BCUT2D eigenvalue weighted by Gasteiger charge is 2.31. The predicted octanol–water partition coefficient (Wildman–Crippen LogP) is 2.86. The average Bonchev–Trinajstić information content (AvgIpc) is 2.75. The number of fused-ring (bicyclic) bond motifs is 1. The lowest BCUT2D eigenvalue weighted by atomic mass is 10.1. The van der Waals surface area contributed by atoms with Gasteiger partial charge in [0.05, 0.1) is 18.2 Å². The maximum absolute atomic E-state index is 14.1. The summed E-state index contributed by atoms with van der Waals surface area (Å²) in [6.07, 6.45) is -0.214. The summed E-state index contributed by atoms with van der Waals surface area (Å²) in [7, 11) is 0. The molecule has 3 rings (SSSR count). The van der Waals surface area contributed by atoms with Gasteiger partial charge < -0.3 is 9.47 Å². The Morgan fingerprint density at radius 1 is 1.22 bits per heavy atom. The maximum atomic E-state index is 14.1. The van der Waals surface area contributed by atoms with Crippen LogP contribution in [0.4, 0.5) is 4.39 Å². The standard InChI is InChI=1S/C20H18FNO5/c1-12(2)27-18-8-7-13(9-15(18)21)16(23)10-22-19(24)11-26-17-6-4-3-5-14(17)20(22)25/h3-9,12H,10-11H2,1-2H3. The van der Waals surface area contributed by atoms with Crippen molar-refractivity contribution in [3.63, 3.8) is 0 Å². The molecule has 0 saturated carbocycles. The van der Waals surface area contributed by atoms with Gasteiger partial charge in [0.15, 0.2) is 24.0 Å². The fourth-order valence-electron chi connectivity index (χ4n) is 2.66. The number of carbonyl (C=O) groups is 3. The molecule has 7 heteroatoms. The van der Waals surface area contributed by atoms with Crippen LogP contribution < -0.4 is 9.47 Å². The molecule has 0 saturated heterocycles. The van der Waals surface area contributed by atoms with E-state index in [-0.39, 0.29) is 35.3 Å². The van der Waals surface area contributed by atoms with E-state index in [4.69, 9.17) is 9.47 Å². The molecular formula is C20H18FNO5. The topological polar surface area (TPSA) is 72.9 Å². The molecular weight excluding hydrogens is 353 g/mol. The van der Waals surface area contributed by atoms with Crippen LogP contribution >= 0.6 is 0 Å². The van der Waals surface area contributed by atoms with Crippen LogP contribution in [0.5, 0.6) is 11.5 Å². The molecule has 2 aromatic carbocycles. The molecule has 6 nitrogen and oxygen atoms in total. The zero-order valence-corrected chi connectivity index (χ0v) is 14.9. The van der Waals surface area contributed by atoms with Crippen LogP contribution in [-0.4, -0.2) is 41.8 Å². The lowest BCUT2D eigenvalue weighted by molar-refractivity contribution is -0.129. The minimum absolute atomic E-state index is 0.0332. The Balaban J connectivity index is 1.81. The summed E-state index contributed by atoms with van der Waals surface area (Å²) in [5.74, 6) is -2.19. The molecule has 0 aliphatic carbocycles. The molecule has 2 aromatic rings. The van der Waals surface area contributed by atoms with Gasteiger partial charge in [0.25, 0.3) is 11.8 Å². The highest BCUT2D eigenvalue weighted by molar-refractivity contribution is 6.11. The highest BCUT2D eigenvalue weighted by Crippen LogP contribution is 2.24. The van der Waals surface area contributed by atoms with Gasteiger partial charge in [-0.05, 0) is 44.2 Å². The second kappa shape index (κ2) is 7.57. The van der Waals surface area contributed by atoms with Crippen molar-refractivity contribution < 1.29 is 28.2 Å². The molecule has 0 unspecified atom stereocenters. The summed E-state index contributed by atoms with van der Waals surface area (Å²) < 4.78 is 24.7. The van der Waals surface area contributed by atoms with Crippen LogP contribution in [0.3, 0.4) is 0 Å². The number of ether oxygens (including phenoxy) is 2. The lowest BCUT2D eigenvalue weighted by Gasteiger charge is -2.17. The first kappa shape index (κ1) is 18.6. The van der Waals surface area contributed by atoms with Gasteiger partial charge in [-0.2, -0.15) is 0 Å². The third kappa shape index (κ3) is 3.97. The Hall–Kier alpha value is -3.22. The van der Waals surface area contributed by atoms with E-state index in [0.29, 0.717) is 0 Å². The summed E-state index contributed by atoms with van der Waals surface area (Å²) in [5.41, 5.74) is 0.241. The average molecular weight is 371 g/mol. The Bertz CT molecular complexity index is 909. The van der Waals surface area contributed by atoms with Crippen LogP contribution in [-0.2, 0) is 4.79 Å². The molecule has 140 valence electrons. The van der Waals surface area contributed by atoms with Crippen LogP contribution in [0.2, 0.25) is 0 Å². The first-order valence-corrected chi connectivity index (χ1v) is 8.42. The van der Waals surface area contributed by atoms with Gasteiger partial charge in [0, 0.05) is 5.56 Å². The number of hydrogen-bond donors (Lipinski definition) is 0. The number of ketones is 1. The Morgan fingerprint density at radius 2 is 1.96 bits per heavy atom. The fraction of sp³-hybridized carbons (Fsp3) is 0.250. The van der Waals surface area contributed by atoms with Gasteiger partial charge in [0.1, 0.15) is 5.75 Å². The van der Waals surface area contributed by atoms with E-state index in [1.165, 1.54) is 18.2 Å². The van der Waals surface area contributed by atoms with Crippen molar-refractivity contribution in [1.29, 1.82) is 0 Å². The molecule has 1 heterocycles. The molecule has 0 radical (unpaired) electrons. The van der Waals surface area contributed by atoms with E-state index in [9.17, 15) is 18.8 Å². The second-order valence-corrected chi connectivity index (χ2v) is 6.30. The number of halogens is 1. The molecule has 0 atom stereocenters. The monoisotopic (exact) mass is 371 g/mol. The molecule has 2 amide bonds. The van der Waals surface area contributed by atoms with E-state index < -0.39 is 30.0 Å². The molecule has 0 aromatic heterocycles. The van der Waals surface area contributed by atoms with Crippen LogP contribution in [0.25, 0.3) is 0 Å². The number of imide groups is 1. The van der Waals surface area contributed by atoms with E-state index >= 15 is 0 Å². The highest BCUT2D eigenvalue weighted by atomic mass is 19.1. The number of Topliss-reactive ketones (excluding diaryl/α,β-unsaturated/α-hetero) is 1. The van der Waals surface area contributed by atoms with Crippen molar-refractivity contribution in [2.75, 3.05) is 13.2 Å². The first-order chi connectivity index (χ1) is 12.9. The fourth-order valence-corrected chi connectivity index (χ4v) is 2.66. The predicted molar refractivity (Wildman–Crippen MR) is 94.5 cm³/mol. The molecule has 0 spiro atoms. The number of hydrogen-bond acceptors (Lipinski definition) is 5. The van der Waals surface area contributed by atoms with Crippen molar-refractivity contribution in [3.8, 4) is 11.5 Å². The van der Waals surface area contributed by atoms with Gasteiger partial charge in [0.2, 0.25) is 0 Å². The molecule has 0 bridgehead atoms. The van der Waals surface area contributed by atoms with Crippen molar-refractivity contribution in [3.05, 3.63) is 59.4 Å². The molecule has 1 aliphatic heterocycles. The number of para-hydroxylation sites is 1. The minimum atomic E-state index is -0.684. The van der Waals surface area contributed by atoms with Crippen molar-refractivity contribution in [1.82, 2.24) is 4.90 Å². The van der Waals surface area contributed by atoms with Gasteiger partial charge in [-0.1, -0.05) is 12.1 Å². The zero-order chi connectivity index (χ0) is 19.6. The number of nitrogens with zero attached hydrogens (tertiary/aromatic N) is 1. The third-order valence-corrected chi connectivity index (χ3v) is 3.93. The Kier molecular flexibility index (Phi) is 5.21. The van der Waals surface area contributed by atoms with Crippen molar-refractivity contribution in [2.24, 2.45) is 0 Å². The summed E-state index contributed by atoms with van der Waals surface area (Å²) in [6, 6.07) is 10.2. The largest absolute Gasteiger partial charge is 0.488 e. The third-order valence-electron chi connectivity index (χ3n) is 3.93. The minimum Gasteiger partial charge on any atom is -0.488 e. The first-order valence-electron chi connectivity index (χ1n) is 8.42. The van der Waals surface area contributed by atoms with Crippen molar-refractivity contribution >= 4 is 17.6 Å². The van der Waals surface area contributed by atoms with Gasteiger partial charge in [-0.3, -0.25) is 19.3 Å². The number of benzene rings is 2. The van der Waals surface area contributed by atoms with E-state index in [2.05, 4.69) is 0 Å². The summed E-state index contributed by atoms with van der Waals surface area (Å²) in [4.78, 5) is 38.2. The van der Waals surface area contributed by atoms with Crippen molar-refractivity contribution in [2.45, 2.75) is 20.0 Å². The van der Waals surface area contributed by atoms with Gasteiger partial charge in [-0.15, -0.1) is 0 Å².